The van der Waals surface area contributed by atoms with E-state index in [1.54, 1.807) is 6.07 Å². The van der Waals surface area contributed by atoms with Gasteiger partial charge < -0.3 is 10.0 Å². The Kier molecular flexibility index (Phi) is 4.38. The molecule has 1 fully saturated rings. The first kappa shape index (κ1) is 14.8. The minimum absolute atomic E-state index is 0.0466. The molecule has 0 saturated carbocycles. The molecule has 1 unspecified atom stereocenters. The number of rotatable bonds is 5. The van der Waals surface area contributed by atoms with Crippen molar-refractivity contribution < 1.29 is 14.8 Å². The summed E-state index contributed by atoms with van der Waals surface area (Å²) in [6, 6.07) is 6.38. The van der Waals surface area contributed by atoms with Crippen LogP contribution in [0.25, 0.3) is 0 Å². The lowest BCUT2D eigenvalue weighted by atomic mass is 10.0. The van der Waals surface area contributed by atoms with Crippen molar-refractivity contribution >= 4 is 17.3 Å². The Hall–Kier alpha value is -2.62. The van der Waals surface area contributed by atoms with E-state index >= 15 is 0 Å². The number of nitro groups is 1. The molecule has 7 heteroatoms. The standard InChI is InChI=1S/C14H15N3O4/c15-8-11-2-3-12(7-13(11)17(20)21)16-6-5-10(9-16)1-4-14(18)19/h2-3,7,10H,1,4-6,9H2,(H,18,19). The highest BCUT2D eigenvalue weighted by Crippen LogP contribution is 2.30. The zero-order chi connectivity index (χ0) is 15.4. The molecule has 1 aromatic carbocycles. The Morgan fingerprint density at radius 3 is 2.95 bits per heavy atom. The second-order valence-corrected chi connectivity index (χ2v) is 5.10. The van der Waals surface area contributed by atoms with Crippen molar-refractivity contribution in [1.29, 1.82) is 5.26 Å². The van der Waals surface area contributed by atoms with E-state index < -0.39 is 10.9 Å². The predicted molar refractivity (Wildman–Crippen MR) is 75.0 cm³/mol. The van der Waals surface area contributed by atoms with Crippen LogP contribution in [0.5, 0.6) is 0 Å². The molecule has 21 heavy (non-hydrogen) atoms. The maximum Gasteiger partial charge on any atom is 0.303 e. The van der Waals surface area contributed by atoms with Crippen LogP contribution in [0.2, 0.25) is 0 Å². The van der Waals surface area contributed by atoms with E-state index in [9.17, 15) is 14.9 Å². The second kappa shape index (κ2) is 6.22. The fourth-order valence-electron chi connectivity index (χ4n) is 2.59. The number of nitriles is 1. The molecular weight excluding hydrogens is 274 g/mol. The van der Waals surface area contributed by atoms with Crippen LogP contribution in [0.1, 0.15) is 24.8 Å². The third kappa shape index (κ3) is 3.48. The summed E-state index contributed by atoms with van der Waals surface area (Å²) in [6.07, 6.45) is 1.64. The van der Waals surface area contributed by atoms with Gasteiger partial charge in [-0.3, -0.25) is 14.9 Å². The van der Waals surface area contributed by atoms with Crippen molar-refractivity contribution in [3.63, 3.8) is 0 Å². The van der Waals surface area contributed by atoms with Gasteiger partial charge in [-0.15, -0.1) is 0 Å². The fraction of sp³-hybridized carbons (Fsp3) is 0.429. The number of aliphatic carboxylic acids is 1. The van der Waals surface area contributed by atoms with Crippen LogP contribution in [0, 0.1) is 27.4 Å². The minimum atomic E-state index is -0.803. The molecule has 1 N–H and O–H groups in total. The van der Waals surface area contributed by atoms with Crippen LogP contribution in [-0.2, 0) is 4.79 Å². The van der Waals surface area contributed by atoms with Gasteiger partial charge in [0.1, 0.15) is 11.6 Å². The molecule has 1 aliphatic heterocycles. The normalized spacial score (nSPS) is 17.5. The second-order valence-electron chi connectivity index (χ2n) is 5.10. The number of nitrogens with zero attached hydrogens (tertiary/aromatic N) is 3. The zero-order valence-electron chi connectivity index (χ0n) is 11.4. The van der Waals surface area contributed by atoms with E-state index in [-0.39, 0.29) is 23.6 Å². The van der Waals surface area contributed by atoms with Gasteiger partial charge in [0.2, 0.25) is 0 Å². The summed E-state index contributed by atoms with van der Waals surface area (Å²) < 4.78 is 0. The number of benzene rings is 1. The molecule has 0 aliphatic carbocycles. The molecule has 1 heterocycles. The smallest absolute Gasteiger partial charge is 0.303 e. The SMILES string of the molecule is N#Cc1ccc(N2CCC(CCC(=O)O)C2)cc1[N+](=O)[O-]. The fourth-order valence-corrected chi connectivity index (χ4v) is 2.59. The Labute approximate surface area is 121 Å². The average molecular weight is 289 g/mol. The first-order valence-corrected chi connectivity index (χ1v) is 6.66. The summed E-state index contributed by atoms with van der Waals surface area (Å²) in [6.45, 7) is 1.43. The molecule has 7 nitrogen and oxygen atoms in total. The Morgan fingerprint density at radius 1 is 1.57 bits per heavy atom. The number of carboxylic acid groups (broad SMARTS) is 1. The van der Waals surface area contributed by atoms with Crippen LogP contribution < -0.4 is 4.90 Å². The van der Waals surface area contributed by atoms with E-state index in [1.165, 1.54) is 12.1 Å². The van der Waals surface area contributed by atoms with E-state index in [4.69, 9.17) is 10.4 Å². The van der Waals surface area contributed by atoms with Crippen LogP contribution in [0.4, 0.5) is 11.4 Å². The van der Waals surface area contributed by atoms with E-state index in [2.05, 4.69) is 0 Å². The number of hydrogen-bond donors (Lipinski definition) is 1. The van der Waals surface area contributed by atoms with Crippen LogP contribution in [-0.4, -0.2) is 29.1 Å². The van der Waals surface area contributed by atoms with Crippen molar-refractivity contribution in [3.8, 4) is 6.07 Å². The molecule has 0 bridgehead atoms. The third-order valence-electron chi connectivity index (χ3n) is 3.72. The van der Waals surface area contributed by atoms with Crippen molar-refractivity contribution in [1.82, 2.24) is 0 Å². The molecule has 1 aliphatic rings. The van der Waals surface area contributed by atoms with Gasteiger partial charge in [-0.2, -0.15) is 5.26 Å². The van der Waals surface area contributed by atoms with Gasteiger partial charge in [0.05, 0.1) is 4.92 Å². The Morgan fingerprint density at radius 2 is 2.33 bits per heavy atom. The first-order chi connectivity index (χ1) is 10.0. The highest BCUT2D eigenvalue weighted by atomic mass is 16.6. The van der Waals surface area contributed by atoms with Crippen molar-refractivity contribution in [2.45, 2.75) is 19.3 Å². The van der Waals surface area contributed by atoms with Crippen LogP contribution >= 0.6 is 0 Å². The topological polar surface area (TPSA) is 107 Å². The van der Waals surface area contributed by atoms with Gasteiger partial charge in [-0.25, -0.2) is 0 Å². The molecule has 1 aromatic rings. The van der Waals surface area contributed by atoms with E-state index in [1.807, 2.05) is 11.0 Å². The molecule has 1 saturated heterocycles. The highest BCUT2D eigenvalue weighted by Gasteiger charge is 2.25. The summed E-state index contributed by atoms with van der Waals surface area (Å²) in [4.78, 5) is 23.0. The van der Waals surface area contributed by atoms with Crippen LogP contribution in [0.3, 0.4) is 0 Å². The zero-order valence-corrected chi connectivity index (χ0v) is 11.4. The molecule has 0 aromatic heterocycles. The maximum absolute atomic E-state index is 11.0. The Balaban J connectivity index is 2.10. The molecular formula is C14H15N3O4. The average Bonchev–Trinajstić information content (AvgIpc) is 2.93. The summed E-state index contributed by atoms with van der Waals surface area (Å²) in [5.41, 5.74) is 0.563. The van der Waals surface area contributed by atoms with Gasteiger partial charge in [-0.1, -0.05) is 0 Å². The van der Waals surface area contributed by atoms with Crippen molar-refractivity contribution in [2.75, 3.05) is 18.0 Å². The Bertz CT molecular complexity index is 609. The van der Waals surface area contributed by atoms with Gasteiger partial charge in [0, 0.05) is 31.3 Å². The summed E-state index contributed by atoms with van der Waals surface area (Å²) in [7, 11) is 0. The molecule has 110 valence electrons. The molecule has 2 rings (SSSR count). The molecule has 1 atom stereocenters. The monoisotopic (exact) mass is 289 g/mol. The van der Waals surface area contributed by atoms with Gasteiger partial charge in [-0.05, 0) is 30.9 Å². The lowest BCUT2D eigenvalue weighted by Crippen LogP contribution is -2.20. The van der Waals surface area contributed by atoms with Crippen molar-refractivity contribution in [3.05, 3.63) is 33.9 Å². The van der Waals surface area contributed by atoms with E-state index in [0.717, 1.165) is 13.0 Å². The number of nitro benzene ring substituents is 1. The summed E-state index contributed by atoms with van der Waals surface area (Å²) in [5.74, 6) is -0.515. The maximum atomic E-state index is 11.0. The highest BCUT2D eigenvalue weighted by molar-refractivity contribution is 5.66. The van der Waals surface area contributed by atoms with Gasteiger partial charge in [0.25, 0.3) is 5.69 Å². The van der Waals surface area contributed by atoms with E-state index in [0.29, 0.717) is 18.7 Å². The van der Waals surface area contributed by atoms with Gasteiger partial charge >= 0.3 is 5.97 Å². The summed E-state index contributed by atoms with van der Waals surface area (Å²) in [5, 5.41) is 28.5. The lowest BCUT2D eigenvalue weighted by molar-refractivity contribution is -0.385. The quantitative estimate of drug-likeness (QED) is 0.657. The summed E-state index contributed by atoms with van der Waals surface area (Å²) >= 11 is 0. The number of anilines is 1. The number of hydrogen-bond acceptors (Lipinski definition) is 5. The van der Waals surface area contributed by atoms with Crippen molar-refractivity contribution in [2.24, 2.45) is 5.92 Å². The predicted octanol–water partition coefficient (Wildman–Crippen LogP) is 2.16. The largest absolute Gasteiger partial charge is 0.481 e. The van der Waals surface area contributed by atoms with Gasteiger partial charge in [0.15, 0.2) is 0 Å². The number of carboxylic acids is 1. The molecule has 0 amide bonds. The van der Waals surface area contributed by atoms with Crippen LogP contribution in [0.15, 0.2) is 18.2 Å². The third-order valence-corrected chi connectivity index (χ3v) is 3.72. The lowest BCUT2D eigenvalue weighted by Gasteiger charge is -2.18. The molecule has 0 spiro atoms. The molecule has 0 radical (unpaired) electrons. The number of carbonyl (C=O) groups is 1. The first-order valence-electron chi connectivity index (χ1n) is 6.66. The minimum Gasteiger partial charge on any atom is -0.481 e.